The summed E-state index contributed by atoms with van der Waals surface area (Å²) in [6, 6.07) is 10.6. The lowest BCUT2D eigenvalue weighted by molar-refractivity contribution is 0.0747. The summed E-state index contributed by atoms with van der Waals surface area (Å²) in [4.78, 5) is 18.7. The number of fused-ring (bicyclic) bond motifs is 1. The first kappa shape index (κ1) is 19.4. The molecule has 0 aliphatic carbocycles. The van der Waals surface area contributed by atoms with Gasteiger partial charge >= 0.3 is 0 Å². The van der Waals surface area contributed by atoms with Crippen LogP contribution in [0.15, 0.2) is 48.8 Å². The summed E-state index contributed by atoms with van der Waals surface area (Å²) >= 11 is 0. The molecule has 152 valence electrons. The van der Waals surface area contributed by atoms with Gasteiger partial charge in [0.05, 0.1) is 17.2 Å². The normalized spacial score (nSPS) is 18.1. The van der Waals surface area contributed by atoms with Gasteiger partial charge in [-0.1, -0.05) is 6.07 Å². The quantitative estimate of drug-likeness (QED) is 0.642. The molecule has 3 aromatic rings. The molecule has 3 heterocycles. The van der Waals surface area contributed by atoms with Gasteiger partial charge in [0, 0.05) is 31.0 Å². The standard InChI is InChI=1S/C21H23N3O4S/c1-15-4-3-10-24-12-17(22-20(15)24)13-28-19-7-5-16(6-8-19)21(25)23(2)18-9-11-29(26,27)14-18/h3-8,10,12,18H,9,11,13-14H2,1-2H3/t18-/m1/s1. The van der Waals surface area contributed by atoms with Crippen molar-refractivity contribution in [3.05, 3.63) is 65.6 Å². The van der Waals surface area contributed by atoms with Gasteiger partial charge in [0.15, 0.2) is 9.84 Å². The van der Waals surface area contributed by atoms with E-state index in [-0.39, 0.29) is 23.5 Å². The van der Waals surface area contributed by atoms with Crippen LogP contribution in [-0.2, 0) is 16.4 Å². The number of imidazole rings is 1. The van der Waals surface area contributed by atoms with Crippen LogP contribution in [0, 0.1) is 6.92 Å². The maximum atomic E-state index is 12.6. The van der Waals surface area contributed by atoms with Crippen LogP contribution < -0.4 is 4.74 Å². The summed E-state index contributed by atoms with van der Waals surface area (Å²) in [5, 5.41) is 0. The number of nitrogens with zero attached hydrogens (tertiary/aromatic N) is 3. The number of aromatic nitrogens is 2. The van der Waals surface area contributed by atoms with E-state index in [2.05, 4.69) is 4.98 Å². The SMILES string of the molecule is Cc1cccn2cc(COc3ccc(C(=O)N(C)[C@@H]4CCS(=O)(=O)C4)cc3)nc12. The molecule has 29 heavy (non-hydrogen) atoms. The van der Waals surface area contributed by atoms with Crippen LogP contribution in [0.4, 0.5) is 0 Å². The number of benzene rings is 1. The number of ether oxygens (including phenoxy) is 1. The molecular formula is C21H23N3O4S. The molecular weight excluding hydrogens is 390 g/mol. The van der Waals surface area contributed by atoms with Crippen molar-refractivity contribution in [1.82, 2.24) is 14.3 Å². The van der Waals surface area contributed by atoms with E-state index in [4.69, 9.17) is 4.74 Å². The number of carbonyl (C=O) groups is 1. The molecule has 1 aliphatic heterocycles. The smallest absolute Gasteiger partial charge is 0.253 e. The number of aryl methyl sites for hydroxylation is 1. The lowest BCUT2D eigenvalue weighted by Gasteiger charge is -2.23. The van der Waals surface area contributed by atoms with Crippen molar-refractivity contribution in [1.29, 1.82) is 0 Å². The van der Waals surface area contributed by atoms with Crippen LogP contribution in [0.2, 0.25) is 0 Å². The molecule has 0 bridgehead atoms. The first-order valence-corrected chi connectivity index (χ1v) is 11.3. The fourth-order valence-electron chi connectivity index (χ4n) is 3.58. The third kappa shape index (κ3) is 4.12. The number of amides is 1. The maximum Gasteiger partial charge on any atom is 0.253 e. The first-order chi connectivity index (χ1) is 13.8. The largest absolute Gasteiger partial charge is 0.487 e. The van der Waals surface area contributed by atoms with Crippen molar-refractivity contribution in [2.75, 3.05) is 18.6 Å². The Morgan fingerprint density at radius 3 is 2.69 bits per heavy atom. The van der Waals surface area contributed by atoms with Gasteiger partial charge in [-0.15, -0.1) is 0 Å². The summed E-state index contributed by atoms with van der Waals surface area (Å²) in [7, 11) is -1.37. The average Bonchev–Trinajstić information content (AvgIpc) is 3.29. The number of carbonyl (C=O) groups excluding carboxylic acids is 1. The predicted octanol–water partition coefficient (Wildman–Crippen LogP) is 2.48. The molecule has 7 nitrogen and oxygen atoms in total. The predicted molar refractivity (Wildman–Crippen MR) is 110 cm³/mol. The van der Waals surface area contributed by atoms with Crippen molar-refractivity contribution in [3.63, 3.8) is 0 Å². The fourth-order valence-corrected chi connectivity index (χ4v) is 5.35. The van der Waals surface area contributed by atoms with Gasteiger partial charge in [-0.2, -0.15) is 0 Å². The van der Waals surface area contributed by atoms with Crippen LogP contribution in [0.1, 0.15) is 28.0 Å². The van der Waals surface area contributed by atoms with Gasteiger partial charge in [0.25, 0.3) is 5.91 Å². The minimum atomic E-state index is -3.03. The zero-order valence-corrected chi connectivity index (χ0v) is 17.2. The van der Waals surface area contributed by atoms with E-state index in [1.54, 1.807) is 31.3 Å². The average molecular weight is 413 g/mol. The van der Waals surface area contributed by atoms with E-state index < -0.39 is 9.84 Å². The topological polar surface area (TPSA) is 81.0 Å². The zero-order valence-electron chi connectivity index (χ0n) is 16.4. The van der Waals surface area contributed by atoms with E-state index in [1.807, 2.05) is 35.9 Å². The second-order valence-electron chi connectivity index (χ2n) is 7.44. The van der Waals surface area contributed by atoms with Crippen LogP contribution in [0.5, 0.6) is 5.75 Å². The summed E-state index contributed by atoms with van der Waals surface area (Å²) in [6.45, 7) is 2.34. The number of pyridine rings is 1. The van der Waals surface area contributed by atoms with Gasteiger partial charge < -0.3 is 14.0 Å². The summed E-state index contributed by atoms with van der Waals surface area (Å²) in [6.07, 6.45) is 4.38. The Morgan fingerprint density at radius 2 is 2.03 bits per heavy atom. The molecule has 0 saturated carbocycles. The number of sulfone groups is 1. The summed E-state index contributed by atoms with van der Waals surface area (Å²) in [5.41, 5.74) is 3.33. The molecule has 4 rings (SSSR count). The van der Waals surface area contributed by atoms with E-state index in [9.17, 15) is 13.2 Å². The maximum absolute atomic E-state index is 12.6. The van der Waals surface area contributed by atoms with Gasteiger partial charge in [0.1, 0.15) is 18.0 Å². The highest BCUT2D eigenvalue weighted by Gasteiger charge is 2.33. The van der Waals surface area contributed by atoms with Crippen LogP contribution >= 0.6 is 0 Å². The Labute approximate surface area is 169 Å². The Morgan fingerprint density at radius 1 is 1.28 bits per heavy atom. The Hall–Kier alpha value is -2.87. The molecule has 0 unspecified atom stereocenters. The molecule has 2 aromatic heterocycles. The van der Waals surface area contributed by atoms with E-state index in [1.165, 1.54) is 4.90 Å². The minimum Gasteiger partial charge on any atom is -0.487 e. The van der Waals surface area contributed by atoms with Crippen LogP contribution in [0.3, 0.4) is 0 Å². The monoisotopic (exact) mass is 413 g/mol. The minimum absolute atomic E-state index is 0.0366. The lowest BCUT2D eigenvalue weighted by atomic mass is 10.1. The van der Waals surface area contributed by atoms with E-state index in [0.29, 0.717) is 24.3 Å². The second kappa shape index (κ2) is 7.51. The van der Waals surface area contributed by atoms with E-state index in [0.717, 1.165) is 16.9 Å². The highest BCUT2D eigenvalue weighted by Crippen LogP contribution is 2.20. The summed E-state index contributed by atoms with van der Waals surface area (Å²) in [5.74, 6) is 0.635. The van der Waals surface area contributed by atoms with E-state index >= 15 is 0 Å². The van der Waals surface area contributed by atoms with Gasteiger partial charge in [-0.05, 0) is 49.2 Å². The van der Waals surface area contributed by atoms with Crippen molar-refractivity contribution in [2.45, 2.75) is 26.0 Å². The highest BCUT2D eigenvalue weighted by molar-refractivity contribution is 7.91. The third-order valence-corrected chi connectivity index (χ3v) is 7.04. The molecule has 0 spiro atoms. The van der Waals surface area contributed by atoms with Crippen molar-refractivity contribution < 1.29 is 17.9 Å². The van der Waals surface area contributed by atoms with Gasteiger partial charge in [-0.3, -0.25) is 4.79 Å². The molecule has 1 atom stereocenters. The molecule has 8 heteroatoms. The van der Waals surface area contributed by atoms with Crippen molar-refractivity contribution in [2.24, 2.45) is 0 Å². The Balaban J connectivity index is 1.39. The van der Waals surface area contributed by atoms with Crippen LogP contribution in [-0.4, -0.2) is 53.2 Å². The van der Waals surface area contributed by atoms with Gasteiger partial charge in [0.2, 0.25) is 0 Å². The molecule has 0 radical (unpaired) electrons. The number of rotatable bonds is 5. The highest BCUT2D eigenvalue weighted by atomic mass is 32.2. The number of hydrogen-bond acceptors (Lipinski definition) is 5. The van der Waals surface area contributed by atoms with Gasteiger partial charge in [-0.25, -0.2) is 13.4 Å². The first-order valence-electron chi connectivity index (χ1n) is 9.46. The lowest BCUT2D eigenvalue weighted by Crippen LogP contribution is -2.37. The molecule has 0 N–H and O–H groups in total. The second-order valence-corrected chi connectivity index (χ2v) is 9.67. The Bertz CT molecular complexity index is 1150. The molecule has 1 aromatic carbocycles. The number of hydrogen-bond donors (Lipinski definition) is 0. The molecule has 1 aliphatic rings. The zero-order chi connectivity index (χ0) is 20.6. The van der Waals surface area contributed by atoms with Crippen LogP contribution in [0.25, 0.3) is 5.65 Å². The third-order valence-electron chi connectivity index (χ3n) is 5.29. The van der Waals surface area contributed by atoms with Crippen molar-refractivity contribution >= 4 is 21.4 Å². The summed E-state index contributed by atoms with van der Waals surface area (Å²) < 4.78 is 31.1. The Kier molecular flexibility index (Phi) is 5.04. The van der Waals surface area contributed by atoms with Crippen molar-refractivity contribution in [3.8, 4) is 5.75 Å². The molecule has 1 fully saturated rings. The molecule has 1 amide bonds. The fraction of sp³-hybridized carbons (Fsp3) is 0.333. The molecule has 1 saturated heterocycles.